The van der Waals surface area contributed by atoms with Crippen molar-refractivity contribution in [2.24, 2.45) is 5.92 Å². The molecule has 2 aromatic heterocycles. The van der Waals surface area contributed by atoms with Crippen LogP contribution >= 0.6 is 17.1 Å². The van der Waals surface area contributed by atoms with Gasteiger partial charge in [0.25, 0.3) is 5.56 Å². The molecule has 1 aliphatic carbocycles. The molecule has 8 atom stereocenters. The van der Waals surface area contributed by atoms with Gasteiger partial charge in [0.05, 0.1) is 19.0 Å². The molecule has 11 nitrogen and oxygen atoms in total. The molecule has 4 heterocycles. The standard InChI is InChI=1S/C26H41N4O7PS2Si/c1-14(2)15-9-10-26(6)17(11-15)36-38(39,40-26)34-12-16-20(37-41(7,8)25(3,4)5)19(31)23(35-16)30-13-27-18-21(30)28-24(33)29-22(18)32/h13,15-17,19-20,23,31H,1,9-12H2,2-8H3,(H2,28,29,32,33)/t15-,16-,17+,19-,20-,23-,26+,38+/m1/s1. The molecule has 2 aliphatic heterocycles. The van der Waals surface area contributed by atoms with Gasteiger partial charge in [-0.25, -0.2) is 9.78 Å². The number of aromatic nitrogens is 4. The van der Waals surface area contributed by atoms with Gasteiger partial charge in [0.1, 0.15) is 24.0 Å². The van der Waals surface area contributed by atoms with Gasteiger partial charge in [-0.3, -0.25) is 19.3 Å². The molecule has 0 unspecified atom stereocenters. The van der Waals surface area contributed by atoms with Crippen molar-refractivity contribution in [2.75, 3.05) is 6.61 Å². The number of hydrogen-bond donors (Lipinski definition) is 3. The first-order valence-corrected chi connectivity index (χ1v) is 20.9. The van der Waals surface area contributed by atoms with E-state index in [1.165, 1.54) is 16.5 Å². The van der Waals surface area contributed by atoms with Gasteiger partial charge in [0, 0.05) is 4.75 Å². The molecule has 5 rings (SSSR count). The number of ether oxygens (including phenoxy) is 1. The minimum atomic E-state index is -2.71. The summed E-state index contributed by atoms with van der Waals surface area (Å²) in [4.78, 5) is 33.2. The van der Waals surface area contributed by atoms with E-state index >= 15 is 0 Å². The monoisotopic (exact) mass is 644 g/mol. The number of imidazole rings is 1. The Bertz CT molecular complexity index is 1500. The van der Waals surface area contributed by atoms with Crippen LogP contribution in [0.25, 0.3) is 11.2 Å². The zero-order valence-corrected chi connectivity index (χ0v) is 28.2. The van der Waals surface area contributed by atoms with Crippen LogP contribution in [0, 0.1) is 5.92 Å². The zero-order chi connectivity index (χ0) is 30.1. The van der Waals surface area contributed by atoms with Crippen LogP contribution in [0.4, 0.5) is 0 Å². The third-order valence-electron chi connectivity index (χ3n) is 9.13. The van der Waals surface area contributed by atoms with E-state index in [1.807, 2.05) is 0 Å². The van der Waals surface area contributed by atoms with E-state index in [0.717, 1.165) is 19.3 Å². The number of hydrogen-bond acceptors (Lipinski definition) is 10. The van der Waals surface area contributed by atoms with Gasteiger partial charge in [0.15, 0.2) is 20.1 Å². The van der Waals surface area contributed by atoms with Crippen molar-refractivity contribution >= 4 is 48.4 Å². The fourth-order valence-corrected chi connectivity index (χ4v) is 14.0. The predicted octanol–water partition coefficient (Wildman–Crippen LogP) is 4.57. The van der Waals surface area contributed by atoms with E-state index in [4.69, 9.17) is 30.0 Å². The topological polar surface area (TPSA) is 141 Å². The Balaban J connectivity index is 1.40. The lowest BCUT2D eigenvalue weighted by Crippen LogP contribution is -2.49. The molecule has 3 aliphatic rings. The molecule has 228 valence electrons. The van der Waals surface area contributed by atoms with Crippen LogP contribution in [0.5, 0.6) is 0 Å². The third-order valence-corrected chi connectivity index (χ3v) is 19.4. The first-order chi connectivity index (χ1) is 18.9. The summed E-state index contributed by atoms with van der Waals surface area (Å²) in [5.41, 5.74) is -2.65. The number of nitrogens with zero attached hydrogens (tertiary/aromatic N) is 2. The lowest BCUT2D eigenvalue weighted by atomic mass is 9.77. The number of rotatable bonds is 7. The normalized spacial score (nSPS) is 36.1. The highest BCUT2D eigenvalue weighted by Crippen LogP contribution is 2.75. The van der Waals surface area contributed by atoms with Crippen molar-refractivity contribution in [2.45, 2.75) is 107 Å². The second-order valence-corrected chi connectivity index (χ2v) is 24.6. The Morgan fingerprint density at radius 3 is 2.76 bits per heavy atom. The van der Waals surface area contributed by atoms with E-state index in [-0.39, 0.29) is 33.7 Å². The van der Waals surface area contributed by atoms with E-state index in [9.17, 15) is 14.7 Å². The summed E-state index contributed by atoms with van der Waals surface area (Å²) in [7, 11) is -2.37. The smallest absolute Gasteiger partial charge is 0.327 e. The number of fused-ring (bicyclic) bond motifs is 2. The molecule has 15 heteroatoms. The quantitative estimate of drug-likeness (QED) is 0.223. The molecule has 2 saturated heterocycles. The third kappa shape index (κ3) is 5.88. The molecule has 0 radical (unpaired) electrons. The first-order valence-electron chi connectivity index (χ1n) is 13.9. The molecule has 3 fully saturated rings. The van der Waals surface area contributed by atoms with E-state index < -0.39 is 49.8 Å². The largest absolute Gasteiger partial charge is 0.408 e. The highest BCUT2D eigenvalue weighted by Gasteiger charge is 2.55. The number of aromatic amines is 2. The zero-order valence-electron chi connectivity index (χ0n) is 24.6. The highest BCUT2D eigenvalue weighted by molar-refractivity contribution is 8.68. The average molecular weight is 645 g/mol. The van der Waals surface area contributed by atoms with Gasteiger partial charge >= 0.3 is 5.69 Å². The number of aliphatic hydroxyl groups excluding tert-OH is 1. The lowest BCUT2D eigenvalue weighted by Gasteiger charge is -2.40. The fourth-order valence-electron chi connectivity index (χ4n) is 5.50. The van der Waals surface area contributed by atoms with Crippen LogP contribution in [-0.2, 0) is 30.0 Å². The summed E-state index contributed by atoms with van der Waals surface area (Å²) in [6.07, 6.45) is 0.734. The SMILES string of the molecule is C=C(C)[C@@H]1CC[C@]2(C)S[P@@](=S)(OC[C@H]3O[C@@H](n4cnc5c(=O)[nH]c(=O)[nH]c54)[C@H](O)[C@@H]3O[Si](C)(C)C(C)(C)C)O[C@H]2C1. The number of aliphatic hydroxyl groups is 1. The number of nitrogens with one attached hydrogen (secondary N) is 2. The Labute approximate surface area is 249 Å². The summed E-state index contributed by atoms with van der Waals surface area (Å²) in [5.74, 6) is 0.412. The first kappa shape index (κ1) is 31.3. The number of H-pyrrole nitrogens is 2. The van der Waals surface area contributed by atoms with E-state index in [1.54, 1.807) is 11.4 Å². The maximum Gasteiger partial charge on any atom is 0.327 e. The van der Waals surface area contributed by atoms with Crippen LogP contribution in [0.15, 0.2) is 28.1 Å². The van der Waals surface area contributed by atoms with Crippen LogP contribution < -0.4 is 11.2 Å². The molecule has 0 bridgehead atoms. The summed E-state index contributed by atoms with van der Waals surface area (Å²) < 4.78 is 27.3. The van der Waals surface area contributed by atoms with Crippen molar-refractivity contribution in [1.29, 1.82) is 0 Å². The van der Waals surface area contributed by atoms with Crippen molar-refractivity contribution < 1.29 is 23.3 Å². The minimum Gasteiger partial charge on any atom is -0.408 e. The van der Waals surface area contributed by atoms with Crippen LogP contribution in [-0.4, -0.2) is 68.7 Å². The van der Waals surface area contributed by atoms with Crippen molar-refractivity contribution in [1.82, 2.24) is 19.5 Å². The molecular formula is C26H41N4O7PS2Si. The number of allylic oxidation sites excluding steroid dienone is 1. The minimum absolute atomic E-state index is 0.0110. The molecule has 1 saturated carbocycles. The molecular weight excluding hydrogens is 604 g/mol. The Morgan fingerprint density at radius 1 is 1.39 bits per heavy atom. The second kappa shape index (κ2) is 10.8. The van der Waals surface area contributed by atoms with Crippen molar-refractivity contribution in [3.8, 4) is 0 Å². The van der Waals surface area contributed by atoms with Crippen molar-refractivity contribution in [3.63, 3.8) is 0 Å². The summed E-state index contributed by atoms with van der Waals surface area (Å²) >= 11 is 7.62. The second-order valence-electron chi connectivity index (χ2n) is 13.2. The summed E-state index contributed by atoms with van der Waals surface area (Å²) in [6, 6.07) is 0. The Morgan fingerprint density at radius 2 is 2.10 bits per heavy atom. The van der Waals surface area contributed by atoms with E-state index in [0.29, 0.717) is 5.92 Å². The Hall–Kier alpha value is -1.09. The van der Waals surface area contributed by atoms with E-state index in [2.05, 4.69) is 69.2 Å². The maximum absolute atomic E-state index is 12.3. The lowest BCUT2D eigenvalue weighted by molar-refractivity contribution is -0.0475. The van der Waals surface area contributed by atoms with Gasteiger partial charge in [0.2, 0.25) is 5.69 Å². The van der Waals surface area contributed by atoms with Gasteiger partial charge in [-0.1, -0.05) is 44.3 Å². The van der Waals surface area contributed by atoms with Gasteiger partial charge < -0.3 is 23.3 Å². The van der Waals surface area contributed by atoms with Crippen LogP contribution in [0.2, 0.25) is 18.1 Å². The molecule has 0 aromatic carbocycles. The van der Waals surface area contributed by atoms with Gasteiger partial charge in [-0.15, -0.1) is 0 Å². The molecule has 3 N–H and O–H groups in total. The van der Waals surface area contributed by atoms with Gasteiger partial charge in [-0.2, -0.15) is 0 Å². The highest BCUT2D eigenvalue weighted by atomic mass is 32.9. The molecule has 0 spiro atoms. The fraction of sp³-hybridized carbons (Fsp3) is 0.731. The molecule has 2 aromatic rings. The van der Waals surface area contributed by atoms with Crippen LogP contribution in [0.1, 0.15) is 60.1 Å². The predicted molar refractivity (Wildman–Crippen MR) is 166 cm³/mol. The van der Waals surface area contributed by atoms with Crippen LogP contribution in [0.3, 0.4) is 0 Å². The average Bonchev–Trinajstić information content (AvgIpc) is 3.48. The summed E-state index contributed by atoms with van der Waals surface area (Å²) in [5, 5.41) is 11.5. The maximum atomic E-state index is 12.3. The summed E-state index contributed by atoms with van der Waals surface area (Å²) in [6.45, 7) is 19.1. The van der Waals surface area contributed by atoms with Gasteiger partial charge in [-0.05, 0) is 69.0 Å². The molecule has 0 amide bonds. The molecule has 41 heavy (non-hydrogen) atoms. The Kier molecular flexibility index (Phi) is 8.26. The van der Waals surface area contributed by atoms with Crippen molar-refractivity contribution in [3.05, 3.63) is 39.3 Å².